The van der Waals surface area contributed by atoms with Crippen LogP contribution in [0.25, 0.3) is 23.0 Å². The molecule has 12 heteroatoms. The number of thiol groups is 1. The van der Waals surface area contributed by atoms with Crippen molar-refractivity contribution < 1.29 is 19.0 Å². The summed E-state index contributed by atoms with van der Waals surface area (Å²) in [6.45, 7) is 0. The topological polar surface area (TPSA) is 131 Å². The van der Waals surface area contributed by atoms with Crippen molar-refractivity contribution in [2.75, 3.05) is 0 Å². The highest BCUT2D eigenvalue weighted by molar-refractivity contribution is 7.89. The third kappa shape index (κ3) is 5.62. The molecule has 3 atom stereocenters. The number of aliphatic carboxylic acids is 1. The van der Waals surface area contributed by atoms with Crippen LogP contribution >= 0.6 is 12.6 Å². The van der Waals surface area contributed by atoms with Gasteiger partial charge in [0.1, 0.15) is 33.2 Å². The number of aromatic nitrogens is 2. The van der Waals surface area contributed by atoms with Crippen molar-refractivity contribution in [3.8, 4) is 16.9 Å². The minimum absolute atomic E-state index is 0.0496. The first-order chi connectivity index (χ1) is 18.8. The minimum atomic E-state index is -1.86. The molecular weight excluding hydrogens is 538 g/mol. The van der Waals surface area contributed by atoms with Crippen molar-refractivity contribution in [3.63, 3.8) is 0 Å². The zero-order chi connectivity index (χ0) is 27.5. The van der Waals surface area contributed by atoms with E-state index < -0.39 is 33.4 Å². The molecule has 1 unspecified atom stereocenters. The normalized spacial score (nSPS) is 19.1. The second-order valence-corrected chi connectivity index (χ2v) is 10.5. The van der Waals surface area contributed by atoms with Crippen LogP contribution in [0.4, 0.5) is 5.69 Å². The van der Waals surface area contributed by atoms with Gasteiger partial charge < -0.3 is 10.4 Å². The molecular formula is C27H23N5O5S2. The summed E-state index contributed by atoms with van der Waals surface area (Å²) in [4.78, 5) is 22.9. The van der Waals surface area contributed by atoms with Crippen LogP contribution in [-0.4, -0.2) is 45.8 Å². The Labute approximate surface area is 231 Å². The second-order valence-electron chi connectivity index (χ2n) is 8.70. The molecule has 4 aromatic rings. The van der Waals surface area contributed by atoms with Gasteiger partial charge in [-0.1, -0.05) is 48.5 Å². The lowest BCUT2D eigenvalue weighted by Gasteiger charge is -2.24. The lowest BCUT2D eigenvalue weighted by atomic mass is 10.1. The predicted molar refractivity (Wildman–Crippen MR) is 151 cm³/mol. The Morgan fingerprint density at radius 3 is 2.36 bits per heavy atom. The average Bonchev–Trinajstić information content (AvgIpc) is 3.48. The maximum Gasteiger partial charge on any atom is 0.322 e. The fraction of sp³-hybridized carbons (Fsp3) is 0.111. The highest BCUT2D eigenvalue weighted by atomic mass is 32.2. The molecule has 2 heterocycles. The molecule has 0 amide bonds. The summed E-state index contributed by atoms with van der Waals surface area (Å²) >= 11 is 4.49. The van der Waals surface area contributed by atoms with E-state index in [1.165, 1.54) is 16.4 Å². The first-order valence-corrected chi connectivity index (χ1v) is 13.5. The van der Waals surface area contributed by atoms with Crippen LogP contribution in [0, 0.1) is 10.1 Å². The maximum atomic E-state index is 13.6. The molecule has 1 aliphatic heterocycles. The molecule has 39 heavy (non-hydrogen) atoms. The number of carboxylic acid groups (broad SMARTS) is 1. The third-order valence-electron chi connectivity index (χ3n) is 6.16. The van der Waals surface area contributed by atoms with E-state index >= 15 is 0 Å². The van der Waals surface area contributed by atoms with E-state index in [9.17, 15) is 24.2 Å². The molecule has 1 aliphatic rings. The Hall–Kier alpha value is -4.26. The second kappa shape index (κ2) is 11.2. The van der Waals surface area contributed by atoms with Crippen molar-refractivity contribution in [1.29, 1.82) is 0 Å². The van der Waals surface area contributed by atoms with E-state index in [1.54, 1.807) is 29.1 Å². The summed E-state index contributed by atoms with van der Waals surface area (Å²) in [5, 5.41) is 29.1. The number of hydrogen-bond acceptors (Lipinski definition) is 7. The van der Waals surface area contributed by atoms with Crippen LogP contribution in [0.2, 0.25) is 0 Å². The third-order valence-corrected chi connectivity index (χ3v) is 8.15. The predicted octanol–water partition coefficient (Wildman–Crippen LogP) is 4.22. The molecule has 10 nitrogen and oxygen atoms in total. The van der Waals surface area contributed by atoms with E-state index in [0.717, 1.165) is 11.3 Å². The Balaban J connectivity index is 1.52. The van der Waals surface area contributed by atoms with Crippen LogP contribution in [-0.2, 0) is 22.2 Å². The molecule has 1 saturated heterocycles. The fourth-order valence-corrected chi connectivity index (χ4v) is 6.20. The van der Waals surface area contributed by atoms with Gasteiger partial charge in [0, 0.05) is 29.5 Å². The van der Waals surface area contributed by atoms with Gasteiger partial charge in [0.2, 0.25) is 0 Å². The molecule has 0 aliphatic carbocycles. The van der Waals surface area contributed by atoms with Crippen molar-refractivity contribution in [3.05, 3.63) is 117 Å². The first kappa shape index (κ1) is 26.4. The number of carbonyl (C=O) groups is 1. The number of benzene rings is 3. The smallest absolute Gasteiger partial charge is 0.322 e. The quantitative estimate of drug-likeness (QED) is 0.167. The van der Waals surface area contributed by atoms with Gasteiger partial charge in [-0.05, 0) is 42.3 Å². The molecule has 1 fully saturated rings. The lowest BCUT2D eigenvalue weighted by Crippen LogP contribution is -2.45. The van der Waals surface area contributed by atoms with Crippen molar-refractivity contribution >= 4 is 41.3 Å². The fourth-order valence-electron chi connectivity index (χ4n) is 4.26. The summed E-state index contributed by atoms with van der Waals surface area (Å²) in [6.07, 6.45) is 3.55. The lowest BCUT2D eigenvalue weighted by molar-refractivity contribution is -0.384. The van der Waals surface area contributed by atoms with Gasteiger partial charge in [0.25, 0.3) is 5.69 Å². The van der Waals surface area contributed by atoms with E-state index in [0.29, 0.717) is 16.8 Å². The maximum absolute atomic E-state index is 13.6. The molecule has 198 valence electrons. The van der Waals surface area contributed by atoms with Gasteiger partial charge in [-0.3, -0.25) is 14.9 Å². The summed E-state index contributed by atoms with van der Waals surface area (Å²) in [7, 11) is -1.86. The van der Waals surface area contributed by atoms with Gasteiger partial charge in [0.15, 0.2) is 0 Å². The standard InChI is InChI=1S/C27H23N5O5S2/c33-26(34)23(15-18-7-3-1-4-8-18)31-27(38)28-24(39(31)37)16-20-17-30(21-9-5-2-6-10-21)29-25(20)19-11-13-22(14-12-19)32(35)36/h1-14,16-17,23,27-28,38H,15H2,(H,33,34)/b24-16-/t23-,27-,39?/m0/s1. The number of hydrogen-bond donors (Lipinski definition) is 3. The van der Waals surface area contributed by atoms with Gasteiger partial charge in [-0.25, -0.2) is 8.89 Å². The number of non-ortho nitro benzene ring substituents is 1. The van der Waals surface area contributed by atoms with Crippen LogP contribution in [0.15, 0.2) is 96.2 Å². The monoisotopic (exact) mass is 561 g/mol. The molecule has 1 aromatic heterocycles. The summed E-state index contributed by atoms with van der Waals surface area (Å²) in [5.74, 6) is -1.11. The van der Waals surface area contributed by atoms with Crippen molar-refractivity contribution in [1.82, 2.24) is 19.4 Å². The van der Waals surface area contributed by atoms with E-state index in [2.05, 4.69) is 17.9 Å². The molecule has 5 rings (SSSR count). The van der Waals surface area contributed by atoms with Gasteiger partial charge >= 0.3 is 5.97 Å². The minimum Gasteiger partial charge on any atom is -0.480 e. The van der Waals surface area contributed by atoms with Crippen LogP contribution < -0.4 is 5.32 Å². The SMILES string of the molecule is O=C(O)[C@H](Cc1ccccc1)N1[C@@H](S)N/C(=C/c2cn(-c3ccccc3)nc2-c2ccc([N+](=O)[O-])cc2)S1=O. The van der Waals surface area contributed by atoms with Crippen LogP contribution in [0.5, 0.6) is 0 Å². The summed E-state index contributed by atoms with van der Waals surface area (Å²) < 4.78 is 16.6. The number of carboxylic acids is 1. The Morgan fingerprint density at radius 1 is 1.10 bits per heavy atom. The summed E-state index contributed by atoms with van der Waals surface area (Å²) in [6, 6.07) is 23.4. The number of rotatable bonds is 8. The molecule has 0 spiro atoms. The van der Waals surface area contributed by atoms with Gasteiger partial charge in [-0.15, -0.1) is 12.6 Å². The first-order valence-electron chi connectivity index (χ1n) is 11.8. The zero-order valence-electron chi connectivity index (χ0n) is 20.3. The Kier molecular flexibility index (Phi) is 7.59. The van der Waals surface area contributed by atoms with Crippen LogP contribution in [0.1, 0.15) is 11.1 Å². The number of nitrogens with zero attached hydrogens (tertiary/aromatic N) is 4. The number of nitro benzene ring substituents is 1. The molecule has 0 radical (unpaired) electrons. The average molecular weight is 562 g/mol. The number of nitrogens with one attached hydrogen (secondary N) is 1. The molecule has 3 aromatic carbocycles. The zero-order valence-corrected chi connectivity index (χ0v) is 22.0. The van der Waals surface area contributed by atoms with Gasteiger partial charge in [-0.2, -0.15) is 9.40 Å². The van der Waals surface area contributed by atoms with Crippen molar-refractivity contribution in [2.24, 2.45) is 0 Å². The molecule has 2 N–H and O–H groups in total. The van der Waals surface area contributed by atoms with Gasteiger partial charge in [0.05, 0.1) is 10.6 Å². The Morgan fingerprint density at radius 2 is 1.74 bits per heavy atom. The van der Waals surface area contributed by atoms with E-state index in [-0.39, 0.29) is 17.1 Å². The van der Waals surface area contributed by atoms with Crippen LogP contribution in [0.3, 0.4) is 0 Å². The van der Waals surface area contributed by atoms with E-state index in [4.69, 9.17) is 5.10 Å². The molecule has 0 bridgehead atoms. The van der Waals surface area contributed by atoms with Crippen molar-refractivity contribution in [2.45, 2.75) is 18.0 Å². The number of para-hydroxylation sites is 1. The van der Waals surface area contributed by atoms with E-state index in [1.807, 2.05) is 60.7 Å². The Bertz CT molecular complexity index is 1560. The highest BCUT2D eigenvalue weighted by Crippen LogP contribution is 2.31. The molecule has 0 saturated carbocycles. The largest absolute Gasteiger partial charge is 0.480 e. The highest BCUT2D eigenvalue weighted by Gasteiger charge is 2.41. The number of nitro groups is 1. The summed E-state index contributed by atoms with van der Waals surface area (Å²) in [5.41, 5.74) is 2.44.